The van der Waals surface area contributed by atoms with E-state index in [0.29, 0.717) is 16.7 Å². The minimum Gasteiger partial charge on any atom is -0.497 e. The van der Waals surface area contributed by atoms with E-state index < -0.39 is 6.04 Å². The molecule has 4 N–H and O–H groups in total. The van der Waals surface area contributed by atoms with Crippen molar-refractivity contribution < 1.29 is 9.84 Å². The van der Waals surface area contributed by atoms with Gasteiger partial charge in [-0.2, -0.15) is 10.1 Å². The molecule has 2 heterocycles. The second-order valence-corrected chi connectivity index (χ2v) is 6.27. The Bertz CT molecular complexity index is 1110. The summed E-state index contributed by atoms with van der Waals surface area (Å²) in [5.74, 6) is 1.01. The predicted octanol–water partition coefficient (Wildman–Crippen LogP) is 3.09. The van der Waals surface area contributed by atoms with Gasteiger partial charge in [-0.3, -0.25) is 5.10 Å². The Hall–Kier alpha value is -3.45. The van der Waals surface area contributed by atoms with E-state index in [4.69, 9.17) is 10.5 Å². The number of methoxy groups -OCH3 is 1. The Labute approximate surface area is 155 Å². The Morgan fingerprint density at radius 3 is 2.56 bits per heavy atom. The van der Waals surface area contributed by atoms with Crippen LogP contribution in [0.15, 0.2) is 48.7 Å². The molecule has 0 saturated carbocycles. The lowest BCUT2D eigenvalue weighted by Crippen LogP contribution is -2.15. The first-order valence-corrected chi connectivity index (χ1v) is 8.48. The standard InChI is InChI=1S/C20H19N5O2/c1-11-16(10-22-25-11)13-5-8-17-15(9-13)20(26)24-19(23-17)18(21)12-3-6-14(27-2)7-4-12/h3-10,18H,21H2,1-2H3,(H,22,25)(H,23,24,26). The van der Waals surface area contributed by atoms with Crippen LogP contribution in [0, 0.1) is 6.92 Å². The molecule has 7 nitrogen and oxygen atoms in total. The van der Waals surface area contributed by atoms with Crippen molar-refractivity contribution in [2.75, 3.05) is 7.11 Å². The smallest absolute Gasteiger partial charge is 0.222 e. The third kappa shape index (κ3) is 3.09. The molecule has 27 heavy (non-hydrogen) atoms. The second kappa shape index (κ2) is 6.69. The monoisotopic (exact) mass is 361 g/mol. The van der Waals surface area contributed by atoms with Crippen molar-refractivity contribution in [1.82, 2.24) is 20.2 Å². The molecule has 0 radical (unpaired) electrons. The van der Waals surface area contributed by atoms with E-state index in [0.717, 1.165) is 28.1 Å². The van der Waals surface area contributed by atoms with Crippen molar-refractivity contribution in [3.63, 3.8) is 0 Å². The average Bonchev–Trinajstić information content (AvgIpc) is 3.13. The Morgan fingerprint density at radius 1 is 1.11 bits per heavy atom. The number of aromatic amines is 1. The molecule has 0 spiro atoms. The van der Waals surface area contributed by atoms with Crippen LogP contribution in [0.5, 0.6) is 11.6 Å². The topological polar surface area (TPSA) is 110 Å². The molecule has 2 aromatic carbocycles. The van der Waals surface area contributed by atoms with E-state index in [-0.39, 0.29) is 5.88 Å². The van der Waals surface area contributed by atoms with Gasteiger partial charge in [0.1, 0.15) is 5.75 Å². The van der Waals surface area contributed by atoms with Crippen LogP contribution < -0.4 is 10.5 Å². The second-order valence-electron chi connectivity index (χ2n) is 6.27. The van der Waals surface area contributed by atoms with Gasteiger partial charge in [0.2, 0.25) is 5.88 Å². The molecule has 1 unspecified atom stereocenters. The van der Waals surface area contributed by atoms with Crippen LogP contribution in [0.2, 0.25) is 0 Å². The Balaban J connectivity index is 1.74. The number of hydrogen-bond acceptors (Lipinski definition) is 6. The molecule has 1 atom stereocenters. The van der Waals surface area contributed by atoms with Crippen molar-refractivity contribution in [3.05, 3.63) is 65.7 Å². The number of ether oxygens (including phenoxy) is 1. The van der Waals surface area contributed by atoms with Gasteiger partial charge >= 0.3 is 0 Å². The maximum absolute atomic E-state index is 10.5. The summed E-state index contributed by atoms with van der Waals surface area (Å²) < 4.78 is 5.16. The number of rotatable bonds is 4. The molecule has 0 fully saturated rings. The van der Waals surface area contributed by atoms with E-state index in [1.54, 1.807) is 7.11 Å². The molecule has 2 aromatic heterocycles. The first-order valence-electron chi connectivity index (χ1n) is 8.48. The number of fused-ring (bicyclic) bond motifs is 1. The maximum Gasteiger partial charge on any atom is 0.222 e. The maximum atomic E-state index is 10.5. The number of nitrogens with one attached hydrogen (secondary N) is 1. The number of nitrogens with two attached hydrogens (primary N) is 1. The van der Waals surface area contributed by atoms with Crippen molar-refractivity contribution in [2.45, 2.75) is 13.0 Å². The van der Waals surface area contributed by atoms with Crippen LogP contribution in [-0.4, -0.2) is 32.4 Å². The zero-order valence-electron chi connectivity index (χ0n) is 15.0. The average molecular weight is 361 g/mol. The van der Waals surface area contributed by atoms with Gasteiger partial charge in [0, 0.05) is 11.8 Å². The fourth-order valence-electron chi connectivity index (χ4n) is 3.05. The van der Waals surface area contributed by atoms with Gasteiger partial charge in [0.15, 0.2) is 5.82 Å². The molecule has 7 heteroatoms. The van der Waals surface area contributed by atoms with Gasteiger partial charge in [0.05, 0.1) is 29.7 Å². The fourth-order valence-corrected chi connectivity index (χ4v) is 3.05. The predicted molar refractivity (Wildman–Crippen MR) is 103 cm³/mol. The van der Waals surface area contributed by atoms with Crippen molar-refractivity contribution in [1.29, 1.82) is 0 Å². The lowest BCUT2D eigenvalue weighted by atomic mass is 10.0. The van der Waals surface area contributed by atoms with Gasteiger partial charge in [-0.15, -0.1) is 0 Å². The van der Waals surface area contributed by atoms with E-state index in [1.165, 1.54) is 0 Å². The molecule has 0 aliphatic rings. The zero-order valence-corrected chi connectivity index (χ0v) is 15.0. The molecule has 0 saturated heterocycles. The quantitative estimate of drug-likeness (QED) is 0.515. The molecule has 136 valence electrons. The number of nitrogens with zero attached hydrogens (tertiary/aromatic N) is 3. The van der Waals surface area contributed by atoms with E-state index in [2.05, 4.69) is 20.2 Å². The zero-order chi connectivity index (χ0) is 19.0. The summed E-state index contributed by atoms with van der Waals surface area (Å²) >= 11 is 0. The van der Waals surface area contributed by atoms with Gasteiger partial charge in [-0.05, 0) is 42.3 Å². The molecule has 0 bridgehead atoms. The Kier molecular flexibility index (Phi) is 4.21. The summed E-state index contributed by atoms with van der Waals surface area (Å²) in [7, 11) is 1.61. The minimum absolute atomic E-state index is 0.0954. The Morgan fingerprint density at radius 2 is 1.89 bits per heavy atom. The number of hydrogen-bond donors (Lipinski definition) is 3. The molecular weight excluding hydrogens is 342 g/mol. The van der Waals surface area contributed by atoms with Crippen LogP contribution in [0.4, 0.5) is 0 Å². The summed E-state index contributed by atoms with van der Waals surface area (Å²) in [4.78, 5) is 8.78. The van der Waals surface area contributed by atoms with E-state index in [1.807, 2.05) is 55.6 Å². The summed E-state index contributed by atoms with van der Waals surface area (Å²) in [6.07, 6.45) is 1.82. The van der Waals surface area contributed by atoms with Crippen LogP contribution in [0.1, 0.15) is 23.1 Å². The molecular formula is C20H19N5O2. The fraction of sp³-hybridized carbons (Fsp3) is 0.150. The summed E-state index contributed by atoms with van der Waals surface area (Å²) in [5, 5.41) is 18.0. The lowest BCUT2D eigenvalue weighted by molar-refractivity contribution is 0.414. The molecule has 4 rings (SSSR count). The largest absolute Gasteiger partial charge is 0.497 e. The van der Waals surface area contributed by atoms with Gasteiger partial charge in [-0.1, -0.05) is 18.2 Å². The SMILES string of the molecule is COc1ccc(C(N)c2nc(O)c3cc(-c4c[nH]nc4C)ccc3n2)cc1. The normalized spacial score (nSPS) is 12.3. The van der Waals surface area contributed by atoms with Crippen LogP contribution in [-0.2, 0) is 0 Å². The molecule has 0 amide bonds. The van der Waals surface area contributed by atoms with Crippen molar-refractivity contribution in [3.8, 4) is 22.8 Å². The number of H-pyrrole nitrogens is 1. The summed E-state index contributed by atoms with van der Waals surface area (Å²) in [6.45, 7) is 1.92. The number of aryl methyl sites for hydroxylation is 1. The van der Waals surface area contributed by atoms with Gasteiger partial charge in [-0.25, -0.2) is 4.98 Å². The highest BCUT2D eigenvalue weighted by atomic mass is 16.5. The molecule has 4 aromatic rings. The van der Waals surface area contributed by atoms with E-state index in [9.17, 15) is 5.11 Å². The van der Waals surface area contributed by atoms with Crippen LogP contribution in [0.25, 0.3) is 22.0 Å². The highest BCUT2D eigenvalue weighted by Crippen LogP contribution is 2.30. The lowest BCUT2D eigenvalue weighted by Gasteiger charge is -2.13. The van der Waals surface area contributed by atoms with Crippen molar-refractivity contribution in [2.24, 2.45) is 5.73 Å². The highest BCUT2D eigenvalue weighted by molar-refractivity contribution is 5.88. The highest BCUT2D eigenvalue weighted by Gasteiger charge is 2.16. The van der Waals surface area contributed by atoms with Crippen LogP contribution >= 0.6 is 0 Å². The summed E-state index contributed by atoms with van der Waals surface area (Å²) in [5.41, 5.74) is 10.6. The third-order valence-electron chi connectivity index (χ3n) is 4.59. The number of aromatic nitrogens is 4. The van der Waals surface area contributed by atoms with Gasteiger partial charge < -0.3 is 15.6 Å². The molecule has 0 aliphatic heterocycles. The van der Waals surface area contributed by atoms with Crippen LogP contribution in [0.3, 0.4) is 0 Å². The molecule has 0 aliphatic carbocycles. The minimum atomic E-state index is -0.554. The first kappa shape index (κ1) is 17.0. The van der Waals surface area contributed by atoms with E-state index >= 15 is 0 Å². The van der Waals surface area contributed by atoms with Gasteiger partial charge in [0.25, 0.3) is 0 Å². The van der Waals surface area contributed by atoms with Crippen molar-refractivity contribution >= 4 is 10.9 Å². The third-order valence-corrected chi connectivity index (χ3v) is 4.59. The first-order chi connectivity index (χ1) is 13.1. The summed E-state index contributed by atoms with van der Waals surface area (Å²) in [6, 6.07) is 12.5. The number of aromatic hydroxyl groups is 1. The number of benzene rings is 2.